The quantitative estimate of drug-likeness (QED) is 0.860. The zero-order valence-electron chi connectivity index (χ0n) is 13.4. The van der Waals surface area contributed by atoms with E-state index in [1.807, 2.05) is 36.1 Å². The Balaban J connectivity index is 1.51. The fraction of sp³-hybridized carbons (Fsp3) is 0.500. The van der Waals surface area contributed by atoms with Crippen molar-refractivity contribution in [3.05, 3.63) is 35.4 Å². The zero-order chi connectivity index (χ0) is 16.4. The molecule has 5 nitrogen and oxygen atoms in total. The van der Waals surface area contributed by atoms with Crippen LogP contribution in [-0.2, 0) is 9.59 Å². The number of ketones is 1. The van der Waals surface area contributed by atoms with Gasteiger partial charge in [0.15, 0.2) is 5.78 Å². The van der Waals surface area contributed by atoms with Crippen molar-refractivity contribution in [1.29, 1.82) is 0 Å². The van der Waals surface area contributed by atoms with E-state index in [2.05, 4.69) is 5.32 Å². The molecule has 2 saturated heterocycles. The third kappa shape index (κ3) is 3.44. The molecule has 0 saturated carbocycles. The molecule has 2 aliphatic heterocycles. The molecule has 1 N–H and O–H groups in total. The van der Waals surface area contributed by atoms with E-state index in [9.17, 15) is 14.4 Å². The van der Waals surface area contributed by atoms with E-state index >= 15 is 0 Å². The normalized spacial score (nSPS) is 23.3. The van der Waals surface area contributed by atoms with Crippen LogP contribution in [0.3, 0.4) is 0 Å². The standard InChI is InChI=1S/C18H22N2O3/c1-13-2-4-14(5-3-13)15(21)6-7-17(23)20-9-8-18(12-20)10-16(22)19-11-18/h2-5H,6-12H2,1H3,(H,19,22). The molecule has 2 aliphatic rings. The Kier molecular flexibility index (Phi) is 4.20. The largest absolute Gasteiger partial charge is 0.355 e. The minimum Gasteiger partial charge on any atom is -0.355 e. The molecule has 0 radical (unpaired) electrons. The van der Waals surface area contributed by atoms with Crippen LogP contribution in [0.25, 0.3) is 0 Å². The maximum atomic E-state index is 12.3. The fourth-order valence-corrected chi connectivity index (χ4v) is 3.45. The van der Waals surface area contributed by atoms with Crippen molar-refractivity contribution in [3.63, 3.8) is 0 Å². The van der Waals surface area contributed by atoms with E-state index in [0.717, 1.165) is 12.0 Å². The Morgan fingerprint density at radius 2 is 1.96 bits per heavy atom. The van der Waals surface area contributed by atoms with Gasteiger partial charge >= 0.3 is 0 Å². The highest BCUT2D eigenvalue weighted by Gasteiger charge is 2.44. The van der Waals surface area contributed by atoms with Crippen molar-refractivity contribution in [2.75, 3.05) is 19.6 Å². The summed E-state index contributed by atoms with van der Waals surface area (Å²) in [7, 11) is 0. The summed E-state index contributed by atoms with van der Waals surface area (Å²) in [5.74, 6) is 0.0977. The van der Waals surface area contributed by atoms with Crippen LogP contribution in [0.15, 0.2) is 24.3 Å². The van der Waals surface area contributed by atoms with Gasteiger partial charge in [-0.05, 0) is 13.3 Å². The van der Waals surface area contributed by atoms with E-state index in [1.165, 1.54) is 0 Å². The summed E-state index contributed by atoms with van der Waals surface area (Å²) in [6.07, 6.45) is 1.86. The molecule has 5 heteroatoms. The maximum absolute atomic E-state index is 12.3. The summed E-state index contributed by atoms with van der Waals surface area (Å²) >= 11 is 0. The number of nitrogens with zero attached hydrogens (tertiary/aromatic N) is 1. The van der Waals surface area contributed by atoms with E-state index in [-0.39, 0.29) is 35.9 Å². The number of carbonyl (C=O) groups excluding carboxylic acids is 3. The second-order valence-corrected chi connectivity index (χ2v) is 6.81. The lowest BCUT2D eigenvalue weighted by Crippen LogP contribution is -2.33. The van der Waals surface area contributed by atoms with Crippen LogP contribution in [0, 0.1) is 12.3 Å². The molecule has 3 rings (SSSR count). The van der Waals surface area contributed by atoms with Gasteiger partial charge in [-0.3, -0.25) is 14.4 Å². The lowest BCUT2D eigenvalue weighted by atomic mass is 9.86. The molecule has 23 heavy (non-hydrogen) atoms. The Morgan fingerprint density at radius 3 is 2.61 bits per heavy atom. The number of likely N-dealkylation sites (tertiary alicyclic amines) is 1. The van der Waals surface area contributed by atoms with Crippen LogP contribution in [-0.4, -0.2) is 42.1 Å². The summed E-state index contributed by atoms with van der Waals surface area (Å²) in [6.45, 7) is 3.96. The highest BCUT2D eigenvalue weighted by molar-refractivity contribution is 5.98. The minimum atomic E-state index is -0.0757. The number of aryl methyl sites for hydroxylation is 1. The molecule has 2 fully saturated rings. The Labute approximate surface area is 136 Å². The number of benzene rings is 1. The summed E-state index contributed by atoms with van der Waals surface area (Å²) in [6, 6.07) is 7.43. The summed E-state index contributed by atoms with van der Waals surface area (Å²) in [4.78, 5) is 37.7. The molecular weight excluding hydrogens is 292 g/mol. The zero-order valence-corrected chi connectivity index (χ0v) is 13.4. The first-order valence-corrected chi connectivity index (χ1v) is 8.12. The van der Waals surface area contributed by atoms with Gasteiger partial charge in [0.05, 0.1) is 0 Å². The summed E-state index contributed by atoms with van der Waals surface area (Å²) < 4.78 is 0. The summed E-state index contributed by atoms with van der Waals surface area (Å²) in [5, 5.41) is 2.86. The van der Waals surface area contributed by atoms with Gasteiger partial charge in [0.25, 0.3) is 0 Å². The number of carbonyl (C=O) groups is 3. The third-order valence-corrected chi connectivity index (χ3v) is 4.93. The van der Waals surface area contributed by atoms with Gasteiger partial charge in [0.1, 0.15) is 0 Å². The van der Waals surface area contributed by atoms with Crippen molar-refractivity contribution in [2.24, 2.45) is 5.41 Å². The van der Waals surface area contributed by atoms with Gasteiger partial charge < -0.3 is 10.2 Å². The van der Waals surface area contributed by atoms with E-state index in [1.54, 1.807) is 0 Å². The van der Waals surface area contributed by atoms with Crippen LogP contribution >= 0.6 is 0 Å². The first-order chi connectivity index (χ1) is 11.0. The van der Waals surface area contributed by atoms with E-state index in [4.69, 9.17) is 0 Å². The van der Waals surface area contributed by atoms with Crippen molar-refractivity contribution >= 4 is 17.6 Å². The van der Waals surface area contributed by atoms with Gasteiger partial charge in [-0.15, -0.1) is 0 Å². The van der Waals surface area contributed by atoms with Gasteiger partial charge in [-0.25, -0.2) is 0 Å². The molecular formula is C18H22N2O3. The number of nitrogens with one attached hydrogen (secondary N) is 1. The van der Waals surface area contributed by atoms with E-state index in [0.29, 0.717) is 31.6 Å². The van der Waals surface area contributed by atoms with Crippen LogP contribution in [0.5, 0.6) is 0 Å². The number of hydrogen-bond acceptors (Lipinski definition) is 3. The highest BCUT2D eigenvalue weighted by Crippen LogP contribution is 2.36. The van der Waals surface area contributed by atoms with Crippen LogP contribution in [0.1, 0.15) is 41.6 Å². The molecule has 0 bridgehead atoms. The smallest absolute Gasteiger partial charge is 0.223 e. The SMILES string of the molecule is Cc1ccc(C(=O)CCC(=O)N2CCC3(CNC(=O)C3)C2)cc1. The highest BCUT2D eigenvalue weighted by atomic mass is 16.2. The minimum absolute atomic E-state index is 0.00460. The third-order valence-electron chi connectivity index (χ3n) is 4.93. The van der Waals surface area contributed by atoms with Gasteiger partial charge in [-0.1, -0.05) is 29.8 Å². The summed E-state index contributed by atoms with van der Waals surface area (Å²) in [5.41, 5.74) is 1.69. The molecule has 0 aromatic heterocycles. The lowest BCUT2D eigenvalue weighted by Gasteiger charge is -2.21. The first-order valence-electron chi connectivity index (χ1n) is 8.12. The molecule has 2 amide bonds. The topological polar surface area (TPSA) is 66.5 Å². The molecule has 1 aromatic rings. The Hall–Kier alpha value is -2.17. The van der Waals surface area contributed by atoms with Crippen molar-refractivity contribution < 1.29 is 14.4 Å². The predicted molar refractivity (Wildman–Crippen MR) is 86.0 cm³/mol. The molecule has 1 aromatic carbocycles. The fourth-order valence-electron chi connectivity index (χ4n) is 3.45. The number of amides is 2. The van der Waals surface area contributed by atoms with Crippen LogP contribution in [0.2, 0.25) is 0 Å². The predicted octanol–water partition coefficient (Wildman–Crippen LogP) is 1.70. The van der Waals surface area contributed by atoms with Gasteiger partial charge in [0.2, 0.25) is 11.8 Å². The second-order valence-electron chi connectivity index (χ2n) is 6.81. The van der Waals surface area contributed by atoms with Crippen LogP contribution < -0.4 is 5.32 Å². The molecule has 122 valence electrons. The monoisotopic (exact) mass is 314 g/mol. The van der Waals surface area contributed by atoms with Gasteiger partial charge in [0, 0.05) is 49.9 Å². The van der Waals surface area contributed by atoms with Crippen LogP contribution in [0.4, 0.5) is 0 Å². The maximum Gasteiger partial charge on any atom is 0.223 e. The Morgan fingerprint density at radius 1 is 1.22 bits per heavy atom. The molecule has 1 spiro atoms. The van der Waals surface area contributed by atoms with Crippen molar-refractivity contribution in [3.8, 4) is 0 Å². The second kappa shape index (κ2) is 6.14. The van der Waals surface area contributed by atoms with Gasteiger partial charge in [-0.2, -0.15) is 0 Å². The number of rotatable bonds is 4. The average Bonchev–Trinajstić information content (AvgIpc) is 3.12. The Bertz CT molecular complexity index is 638. The number of hydrogen-bond donors (Lipinski definition) is 1. The average molecular weight is 314 g/mol. The van der Waals surface area contributed by atoms with Crippen molar-refractivity contribution in [1.82, 2.24) is 10.2 Å². The molecule has 0 aliphatic carbocycles. The molecule has 2 heterocycles. The molecule has 1 atom stereocenters. The first kappa shape index (κ1) is 15.7. The molecule has 1 unspecified atom stereocenters. The van der Waals surface area contributed by atoms with E-state index < -0.39 is 0 Å². The van der Waals surface area contributed by atoms with Crippen molar-refractivity contribution in [2.45, 2.75) is 32.6 Å². The number of Topliss-reactive ketones (excluding diaryl/α,β-unsaturated/α-hetero) is 1. The lowest BCUT2D eigenvalue weighted by molar-refractivity contribution is -0.130.